The number of nitrogens with one attached hydrogen (secondary N) is 1. The molecule has 1 aliphatic carbocycles. The van der Waals surface area contributed by atoms with Crippen LogP contribution in [0.15, 0.2) is 34.9 Å². The van der Waals surface area contributed by atoms with Gasteiger partial charge in [0.1, 0.15) is 0 Å². The van der Waals surface area contributed by atoms with Crippen LogP contribution in [-0.2, 0) is 17.6 Å². The molecule has 3 rings (SSSR count). The Bertz CT molecular complexity index is 576. The van der Waals surface area contributed by atoms with Crippen molar-refractivity contribution in [3.63, 3.8) is 0 Å². The second-order valence-corrected chi connectivity index (χ2v) is 5.08. The highest BCUT2D eigenvalue weighted by Crippen LogP contribution is 2.28. The van der Waals surface area contributed by atoms with E-state index < -0.39 is 0 Å². The van der Waals surface area contributed by atoms with Gasteiger partial charge in [0.25, 0.3) is 0 Å². The molecule has 1 heterocycles. The largest absolute Gasteiger partial charge is 0.355 e. The molecule has 0 radical (unpaired) electrons. The van der Waals surface area contributed by atoms with Crippen LogP contribution in [0.1, 0.15) is 30.1 Å². The number of carbonyl (C=O) groups is 1. The maximum atomic E-state index is 11.5. The fourth-order valence-corrected chi connectivity index (χ4v) is 2.02. The van der Waals surface area contributed by atoms with Crippen molar-refractivity contribution in [3.05, 3.63) is 47.6 Å². The average molecular weight is 271 g/mol. The first kappa shape index (κ1) is 12.8. The molecular weight excluding hydrogens is 254 g/mol. The Labute approximate surface area is 117 Å². The van der Waals surface area contributed by atoms with Gasteiger partial charge in [-0.05, 0) is 18.4 Å². The minimum Gasteiger partial charge on any atom is -0.355 e. The zero-order chi connectivity index (χ0) is 13.8. The molecule has 0 bridgehead atoms. The van der Waals surface area contributed by atoms with Gasteiger partial charge in [0.15, 0.2) is 5.82 Å². The normalized spacial score (nSPS) is 14.2. The Kier molecular flexibility index (Phi) is 3.76. The topological polar surface area (TPSA) is 68.0 Å². The van der Waals surface area contributed by atoms with Crippen molar-refractivity contribution < 1.29 is 9.32 Å². The van der Waals surface area contributed by atoms with Crippen molar-refractivity contribution in [1.29, 1.82) is 0 Å². The van der Waals surface area contributed by atoms with Gasteiger partial charge in [0.05, 0.1) is 6.42 Å². The first-order chi connectivity index (χ1) is 9.81. The van der Waals surface area contributed by atoms with Gasteiger partial charge < -0.3 is 9.84 Å². The number of nitrogens with zero attached hydrogens (tertiary/aromatic N) is 2. The smallest absolute Gasteiger partial charge is 0.231 e. The summed E-state index contributed by atoms with van der Waals surface area (Å²) in [4.78, 5) is 15.8. The molecule has 1 fully saturated rings. The summed E-state index contributed by atoms with van der Waals surface area (Å²) >= 11 is 0. The Hall–Kier alpha value is -2.17. The van der Waals surface area contributed by atoms with Gasteiger partial charge in [0, 0.05) is 18.9 Å². The molecule has 1 aliphatic rings. The molecule has 1 aromatic heterocycles. The van der Waals surface area contributed by atoms with Gasteiger partial charge in [-0.2, -0.15) is 4.98 Å². The van der Waals surface area contributed by atoms with Crippen LogP contribution in [-0.4, -0.2) is 22.6 Å². The van der Waals surface area contributed by atoms with Crippen molar-refractivity contribution >= 4 is 5.91 Å². The van der Waals surface area contributed by atoms with Crippen LogP contribution in [0.3, 0.4) is 0 Å². The standard InChI is InChI=1S/C15H17N3O2/c19-15(12-6-7-12)16-9-8-13-17-14(20-18-13)10-11-4-2-1-3-5-11/h1-5,12H,6-10H2,(H,16,19). The van der Waals surface area contributed by atoms with Gasteiger partial charge in [-0.1, -0.05) is 35.5 Å². The van der Waals surface area contributed by atoms with E-state index >= 15 is 0 Å². The summed E-state index contributed by atoms with van der Waals surface area (Å²) in [6.07, 6.45) is 3.30. The number of hydrogen-bond acceptors (Lipinski definition) is 4. The minimum atomic E-state index is 0.151. The summed E-state index contributed by atoms with van der Waals surface area (Å²) < 4.78 is 5.21. The fourth-order valence-electron chi connectivity index (χ4n) is 2.02. The molecule has 0 aliphatic heterocycles. The fraction of sp³-hybridized carbons (Fsp3) is 0.400. The minimum absolute atomic E-state index is 0.151. The number of benzene rings is 1. The van der Waals surface area contributed by atoms with E-state index in [1.165, 1.54) is 0 Å². The van der Waals surface area contributed by atoms with Gasteiger partial charge in [-0.3, -0.25) is 4.79 Å². The first-order valence-corrected chi connectivity index (χ1v) is 6.94. The molecule has 1 aromatic carbocycles. The third kappa shape index (κ3) is 3.44. The SMILES string of the molecule is O=C(NCCc1noc(Cc2ccccc2)n1)C1CC1. The van der Waals surface area contributed by atoms with E-state index in [1.54, 1.807) is 0 Å². The Morgan fingerprint density at radius 3 is 2.85 bits per heavy atom. The molecule has 0 spiro atoms. The summed E-state index contributed by atoms with van der Waals surface area (Å²) in [5, 5.41) is 6.82. The predicted molar refractivity (Wildman–Crippen MR) is 73.0 cm³/mol. The van der Waals surface area contributed by atoms with E-state index in [4.69, 9.17) is 4.52 Å². The summed E-state index contributed by atoms with van der Waals surface area (Å²) in [5.74, 6) is 1.65. The lowest BCUT2D eigenvalue weighted by Crippen LogP contribution is -2.27. The Balaban J connectivity index is 1.47. The summed E-state index contributed by atoms with van der Waals surface area (Å²) in [6.45, 7) is 0.569. The van der Waals surface area contributed by atoms with Gasteiger partial charge in [-0.25, -0.2) is 0 Å². The van der Waals surface area contributed by atoms with Crippen LogP contribution in [0.5, 0.6) is 0 Å². The van der Waals surface area contributed by atoms with Crippen molar-refractivity contribution in [1.82, 2.24) is 15.5 Å². The van der Waals surface area contributed by atoms with Crippen molar-refractivity contribution in [3.8, 4) is 0 Å². The molecule has 20 heavy (non-hydrogen) atoms. The molecule has 1 N–H and O–H groups in total. The predicted octanol–water partition coefficient (Wildman–Crippen LogP) is 1.73. The van der Waals surface area contributed by atoms with Crippen LogP contribution >= 0.6 is 0 Å². The Morgan fingerprint density at radius 2 is 2.10 bits per heavy atom. The zero-order valence-corrected chi connectivity index (χ0v) is 11.2. The summed E-state index contributed by atoms with van der Waals surface area (Å²) in [6, 6.07) is 10.0. The molecule has 2 aromatic rings. The summed E-state index contributed by atoms with van der Waals surface area (Å²) in [5.41, 5.74) is 1.14. The van der Waals surface area contributed by atoms with Crippen LogP contribution in [0.4, 0.5) is 0 Å². The molecule has 0 saturated heterocycles. The third-order valence-corrected chi connectivity index (χ3v) is 3.30. The lowest BCUT2D eigenvalue weighted by atomic mass is 10.1. The van der Waals surface area contributed by atoms with E-state index in [1.807, 2.05) is 30.3 Å². The first-order valence-electron chi connectivity index (χ1n) is 6.94. The van der Waals surface area contributed by atoms with E-state index in [2.05, 4.69) is 15.5 Å². The third-order valence-electron chi connectivity index (χ3n) is 3.30. The number of aromatic nitrogens is 2. The molecule has 104 valence electrons. The van der Waals surface area contributed by atoms with E-state index in [0.717, 1.165) is 18.4 Å². The van der Waals surface area contributed by atoms with Crippen LogP contribution in [0.25, 0.3) is 0 Å². The zero-order valence-electron chi connectivity index (χ0n) is 11.2. The number of hydrogen-bond donors (Lipinski definition) is 1. The van der Waals surface area contributed by atoms with E-state index in [9.17, 15) is 4.79 Å². The lowest BCUT2D eigenvalue weighted by molar-refractivity contribution is -0.122. The van der Waals surface area contributed by atoms with E-state index in [0.29, 0.717) is 31.1 Å². The molecule has 5 nitrogen and oxygen atoms in total. The maximum Gasteiger partial charge on any atom is 0.231 e. The van der Waals surface area contributed by atoms with Crippen LogP contribution in [0, 0.1) is 5.92 Å². The number of amides is 1. The van der Waals surface area contributed by atoms with Crippen LogP contribution in [0.2, 0.25) is 0 Å². The highest BCUT2D eigenvalue weighted by atomic mass is 16.5. The molecule has 1 amide bonds. The van der Waals surface area contributed by atoms with Crippen molar-refractivity contribution in [2.24, 2.45) is 5.92 Å². The summed E-state index contributed by atoms with van der Waals surface area (Å²) in [7, 11) is 0. The molecule has 0 unspecified atom stereocenters. The number of rotatable bonds is 6. The van der Waals surface area contributed by atoms with E-state index in [-0.39, 0.29) is 11.8 Å². The molecule has 0 atom stereocenters. The van der Waals surface area contributed by atoms with Crippen LogP contribution < -0.4 is 5.32 Å². The monoisotopic (exact) mass is 271 g/mol. The van der Waals surface area contributed by atoms with Crippen molar-refractivity contribution in [2.75, 3.05) is 6.54 Å². The van der Waals surface area contributed by atoms with Gasteiger partial charge >= 0.3 is 0 Å². The molecule has 5 heteroatoms. The van der Waals surface area contributed by atoms with Crippen molar-refractivity contribution in [2.45, 2.75) is 25.7 Å². The maximum absolute atomic E-state index is 11.5. The van der Waals surface area contributed by atoms with Gasteiger partial charge in [-0.15, -0.1) is 0 Å². The highest BCUT2D eigenvalue weighted by molar-refractivity contribution is 5.80. The molecule has 1 saturated carbocycles. The second kappa shape index (κ2) is 5.86. The lowest BCUT2D eigenvalue weighted by Gasteiger charge is -2.00. The Morgan fingerprint density at radius 1 is 1.30 bits per heavy atom. The highest BCUT2D eigenvalue weighted by Gasteiger charge is 2.29. The quantitative estimate of drug-likeness (QED) is 0.868. The molecular formula is C15H17N3O2. The van der Waals surface area contributed by atoms with Gasteiger partial charge in [0.2, 0.25) is 11.8 Å². The average Bonchev–Trinajstić information content (AvgIpc) is 3.23. The number of carbonyl (C=O) groups excluding carboxylic acids is 1. The second-order valence-electron chi connectivity index (χ2n) is 5.08.